The molecule has 2 saturated heterocycles. The lowest BCUT2D eigenvalue weighted by Gasteiger charge is -2.35. The molecule has 0 amide bonds. The molecular formula is C32H42N6O2. The Labute approximate surface area is 237 Å². The lowest BCUT2D eigenvalue weighted by Crippen LogP contribution is -2.46. The molecule has 0 radical (unpaired) electrons. The van der Waals surface area contributed by atoms with Crippen molar-refractivity contribution in [1.82, 2.24) is 24.6 Å². The molecule has 8 nitrogen and oxygen atoms in total. The normalized spacial score (nSPS) is 21.9. The van der Waals surface area contributed by atoms with E-state index in [1.54, 1.807) is 0 Å². The van der Waals surface area contributed by atoms with Crippen LogP contribution in [0.3, 0.4) is 0 Å². The van der Waals surface area contributed by atoms with E-state index in [1.807, 2.05) is 11.6 Å². The largest absolute Gasteiger partial charge is 0.469 e. The fourth-order valence-corrected chi connectivity index (χ4v) is 7.14. The van der Waals surface area contributed by atoms with Crippen molar-refractivity contribution in [3.63, 3.8) is 0 Å². The number of anilines is 1. The van der Waals surface area contributed by atoms with Crippen molar-refractivity contribution in [1.29, 1.82) is 0 Å². The molecule has 5 heterocycles. The molecule has 40 heavy (non-hydrogen) atoms. The van der Waals surface area contributed by atoms with Crippen LogP contribution in [0.1, 0.15) is 66.2 Å². The predicted octanol–water partition coefficient (Wildman–Crippen LogP) is 4.63. The smallest absolute Gasteiger partial charge is 0.306 e. The van der Waals surface area contributed by atoms with Gasteiger partial charge in [-0.05, 0) is 87.9 Å². The number of fused-ring (bicyclic) bond motifs is 1. The van der Waals surface area contributed by atoms with E-state index in [9.17, 15) is 4.79 Å². The molecule has 3 aliphatic heterocycles. The van der Waals surface area contributed by atoms with Gasteiger partial charge < -0.3 is 15.0 Å². The van der Waals surface area contributed by atoms with Gasteiger partial charge in [0.15, 0.2) is 0 Å². The number of methoxy groups -OCH3 is 1. The van der Waals surface area contributed by atoms with Gasteiger partial charge in [0.2, 0.25) is 0 Å². The van der Waals surface area contributed by atoms with E-state index in [0.717, 1.165) is 86.3 Å². The van der Waals surface area contributed by atoms with Crippen LogP contribution in [0.4, 0.5) is 5.82 Å². The van der Waals surface area contributed by atoms with Crippen LogP contribution in [0, 0.1) is 13.8 Å². The highest BCUT2D eigenvalue weighted by molar-refractivity contribution is 5.70. The van der Waals surface area contributed by atoms with Gasteiger partial charge in [-0.3, -0.25) is 9.69 Å². The molecule has 3 aromatic rings. The molecule has 6 rings (SSSR count). The first-order valence-corrected chi connectivity index (χ1v) is 14.8. The minimum absolute atomic E-state index is 0.0581. The molecule has 0 bridgehead atoms. The average Bonchev–Trinajstić information content (AvgIpc) is 3.66. The number of esters is 1. The van der Waals surface area contributed by atoms with Gasteiger partial charge >= 0.3 is 5.97 Å². The van der Waals surface area contributed by atoms with Crippen LogP contribution >= 0.6 is 0 Å². The molecule has 1 N–H and O–H groups in total. The Morgan fingerprint density at radius 1 is 1.12 bits per heavy atom. The quantitative estimate of drug-likeness (QED) is 0.416. The molecule has 0 aliphatic carbocycles. The molecule has 1 aromatic carbocycles. The van der Waals surface area contributed by atoms with Gasteiger partial charge in [-0.25, -0.2) is 9.67 Å². The number of pyridine rings is 1. The number of ether oxygens (including phenoxy) is 1. The van der Waals surface area contributed by atoms with Crippen LogP contribution in [0.15, 0.2) is 42.5 Å². The topological polar surface area (TPSA) is 75.5 Å². The second kappa shape index (κ2) is 11.3. The Morgan fingerprint density at radius 3 is 2.85 bits per heavy atom. The maximum absolute atomic E-state index is 12.5. The molecule has 2 atom stereocenters. The molecule has 2 aromatic heterocycles. The van der Waals surface area contributed by atoms with E-state index in [2.05, 4.69) is 69.6 Å². The number of aryl methyl sites for hydroxylation is 3. The minimum atomic E-state index is -0.162. The van der Waals surface area contributed by atoms with Gasteiger partial charge in [-0.2, -0.15) is 5.10 Å². The summed E-state index contributed by atoms with van der Waals surface area (Å²) in [6.07, 6.45) is 6.29. The number of likely N-dealkylation sites (tertiary alicyclic amines) is 2. The van der Waals surface area contributed by atoms with Gasteiger partial charge in [-0.15, -0.1) is 0 Å². The Balaban J connectivity index is 1.18. The third-order valence-corrected chi connectivity index (χ3v) is 9.17. The molecule has 8 heteroatoms. The zero-order chi connectivity index (χ0) is 27.7. The van der Waals surface area contributed by atoms with Crippen LogP contribution in [0.25, 0.3) is 5.69 Å². The summed E-state index contributed by atoms with van der Waals surface area (Å²) < 4.78 is 7.11. The zero-order valence-corrected chi connectivity index (χ0v) is 24.2. The molecule has 3 aliphatic rings. The standard InChI is InChI=1S/C32H42N6O2/c1-23-17-24(2)38(35-23)29-9-4-7-26(18-29)27(19-30(39)40-3)20-36-16-13-32(22-36)12-6-15-37(32)21-28-11-10-25-8-5-14-33-31(25)34-28/h4,7,9-11,17-18,27H,5-6,8,12-16,19-22H2,1-3H3,(H,33,34)/t27-,32?/m1/s1. The van der Waals surface area contributed by atoms with Crippen LogP contribution in [0.2, 0.25) is 0 Å². The summed E-state index contributed by atoms with van der Waals surface area (Å²) in [6.45, 7) is 10.0. The molecular weight excluding hydrogens is 500 g/mol. The highest BCUT2D eigenvalue weighted by atomic mass is 16.5. The fraction of sp³-hybridized carbons (Fsp3) is 0.531. The lowest BCUT2D eigenvalue weighted by atomic mass is 9.93. The maximum Gasteiger partial charge on any atom is 0.306 e. The number of carbonyl (C=O) groups excluding carboxylic acids is 1. The van der Waals surface area contributed by atoms with Gasteiger partial charge in [0, 0.05) is 49.9 Å². The Bertz CT molecular complexity index is 1370. The SMILES string of the molecule is COC(=O)C[C@H](CN1CCC2(CCCN2Cc2ccc3c(n2)NCCC3)C1)c1cccc(-n2nc(C)cc2C)c1. The van der Waals surface area contributed by atoms with Gasteiger partial charge in [0.05, 0.1) is 30.6 Å². The lowest BCUT2D eigenvalue weighted by molar-refractivity contribution is -0.141. The number of aromatic nitrogens is 3. The van der Waals surface area contributed by atoms with Crippen molar-refractivity contribution in [2.45, 2.75) is 70.4 Å². The van der Waals surface area contributed by atoms with Crippen molar-refractivity contribution < 1.29 is 9.53 Å². The second-order valence-electron chi connectivity index (χ2n) is 12.0. The average molecular weight is 543 g/mol. The van der Waals surface area contributed by atoms with Gasteiger partial charge in [0.1, 0.15) is 5.82 Å². The summed E-state index contributed by atoms with van der Waals surface area (Å²) in [5, 5.41) is 8.17. The van der Waals surface area contributed by atoms with Crippen LogP contribution in [-0.4, -0.2) is 75.9 Å². The second-order valence-corrected chi connectivity index (χ2v) is 12.0. The Morgan fingerprint density at radius 2 is 2.02 bits per heavy atom. The first-order valence-electron chi connectivity index (χ1n) is 14.8. The molecule has 1 spiro atoms. The van der Waals surface area contributed by atoms with Crippen molar-refractivity contribution in [3.05, 3.63) is 70.7 Å². The van der Waals surface area contributed by atoms with Crippen LogP contribution in [-0.2, 0) is 22.5 Å². The van der Waals surface area contributed by atoms with E-state index in [-0.39, 0.29) is 17.4 Å². The number of benzene rings is 1. The highest BCUT2D eigenvalue weighted by Gasteiger charge is 2.46. The summed E-state index contributed by atoms with van der Waals surface area (Å²) in [5.74, 6) is 0.978. The van der Waals surface area contributed by atoms with E-state index < -0.39 is 0 Å². The van der Waals surface area contributed by atoms with Gasteiger partial charge in [0.25, 0.3) is 0 Å². The molecule has 0 saturated carbocycles. The number of hydrogen-bond acceptors (Lipinski definition) is 7. The Hall–Kier alpha value is -3.23. The van der Waals surface area contributed by atoms with Gasteiger partial charge in [-0.1, -0.05) is 18.2 Å². The maximum atomic E-state index is 12.5. The minimum Gasteiger partial charge on any atom is -0.469 e. The predicted molar refractivity (Wildman–Crippen MR) is 157 cm³/mol. The van der Waals surface area contributed by atoms with Crippen molar-refractivity contribution in [2.75, 3.05) is 45.2 Å². The Kier molecular flexibility index (Phi) is 7.64. The number of nitrogens with zero attached hydrogens (tertiary/aromatic N) is 5. The monoisotopic (exact) mass is 542 g/mol. The number of hydrogen-bond donors (Lipinski definition) is 1. The van der Waals surface area contributed by atoms with E-state index in [0.29, 0.717) is 6.42 Å². The number of rotatable bonds is 8. The molecule has 2 fully saturated rings. The summed E-state index contributed by atoms with van der Waals surface area (Å²) >= 11 is 0. The van der Waals surface area contributed by atoms with Crippen molar-refractivity contribution >= 4 is 11.8 Å². The summed E-state index contributed by atoms with van der Waals surface area (Å²) in [7, 11) is 1.48. The summed E-state index contributed by atoms with van der Waals surface area (Å²) in [5.41, 5.74) is 6.99. The van der Waals surface area contributed by atoms with Crippen LogP contribution in [0.5, 0.6) is 0 Å². The summed E-state index contributed by atoms with van der Waals surface area (Å²) in [4.78, 5) is 22.8. The summed E-state index contributed by atoms with van der Waals surface area (Å²) in [6, 6.07) is 15.1. The molecule has 212 valence electrons. The first kappa shape index (κ1) is 27.0. The third kappa shape index (κ3) is 5.52. The zero-order valence-electron chi connectivity index (χ0n) is 24.2. The number of nitrogens with one attached hydrogen (secondary N) is 1. The third-order valence-electron chi connectivity index (χ3n) is 9.17. The van der Waals surface area contributed by atoms with Crippen molar-refractivity contribution in [3.8, 4) is 5.69 Å². The fourth-order valence-electron chi connectivity index (χ4n) is 7.14. The van der Waals surface area contributed by atoms with E-state index in [1.165, 1.54) is 31.9 Å². The number of carbonyl (C=O) groups is 1. The van der Waals surface area contributed by atoms with Crippen LogP contribution < -0.4 is 5.32 Å². The first-order chi connectivity index (χ1) is 19.4. The molecule has 1 unspecified atom stereocenters. The van der Waals surface area contributed by atoms with Crippen molar-refractivity contribution in [2.24, 2.45) is 0 Å². The van der Waals surface area contributed by atoms with E-state index >= 15 is 0 Å². The van der Waals surface area contributed by atoms with E-state index in [4.69, 9.17) is 9.72 Å². The highest BCUT2D eigenvalue weighted by Crippen LogP contribution is 2.40.